The summed E-state index contributed by atoms with van der Waals surface area (Å²) in [4.78, 5) is 31.4. The van der Waals surface area contributed by atoms with Crippen LogP contribution in [0.1, 0.15) is 55.9 Å². The van der Waals surface area contributed by atoms with Gasteiger partial charge in [-0.05, 0) is 54.8 Å². The Morgan fingerprint density at radius 1 is 1.10 bits per heavy atom. The van der Waals surface area contributed by atoms with Gasteiger partial charge in [-0.1, -0.05) is 38.1 Å². The summed E-state index contributed by atoms with van der Waals surface area (Å²) in [6.45, 7) is 11.6. The number of benzene rings is 1. The number of piperidine rings is 1. The van der Waals surface area contributed by atoms with Crippen LogP contribution < -0.4 is 0 Å². The highest BCUT2D eigenvalue weighted by atomic mass is 16.4. The molecule has 2 N–H and O–H groups in total. The maximum Gasteiger partial charge on any atom is 0.320 e. The number of carbonyl (C=O) groups is 1. The Hall–Kier alpha value is -3.01. The third-order valence-electron chi connectivity index (χ3n) is 8.46. The lowest BCUT2D eigenvalue weighted by atomic mass is 9.76. The van der Waals surface area contributed by atoms with Crippen LogP contribution in [0.25, 0.3) is 0 Å². The number of aryl methyl sites for hydroxylation is 1. The van der Waals surface area contributed by atoms with Crippen molar-refractivity contribution in [3.63, 3.8) is 0 Å². The first kappa shape index (κ1) is 27.6. The van der Waals surface area contributed by atoms with Gasteiger partial charge in [0.1, 0.15) is 17.7 Å². The first-order valence-electron chi connectivity index (χ1n) is 14.2. The molecule has 1 atom stereocenters. The highest BCUT2D eigenvalue weighted by Crippen LogP contribution is 2.44. The molecule has 0 aliphatic carbocycles. The third kappa shape index (κ3) is 6.96. The standard InChI is InChI=1S/C30H43N7O2/c1-23(2)17-35-13-8-30(9-14-35)16-26(29(38)39)37(22-30)19-25-6-4-24(5-7-25)18-36(20-27-31-10-11-32-27)21-28-33-12-15-34(28)3/h4-7,10-12,15,23,26H,8-9,13-14,16-22H2,1-3H3,(H,31,32)(H,38,39)/t26-/m1/s1. The van der Waals surface area contributed by atoms with Gasteiger partial charge >= 0.3 is 5.97 Å². The van der Waals surface area contributed by atoms with Gasteiger partial charge in [-0.2, -0.15) is 0 Å². The number of aliphatic carboxylic acids is 1. The molecule has 9 nitrogen and oxygen atoms in total. The highest BCUT2D eigenvalue weighted by molar-refractivity contribution is 5.74. The fraction of sp³-hybridized carbons (Fsp3) is 0.567. The first-order chi connectivity index (χ1) is 18.8. The minimum atomic E-state index is -0.684. The van der Waals surface area contributed by atoms with Crippen LogP contribution in [0.15, 0.2) is 49.1 Å². The molecule has 2 aliphatic rings. The average molecular weight is 534 g/mol. The van der Waals surface area contributed by atoms with E-state index in [1.54, 1.807) is 6.20 Å². The molecule has 0 unspecified atom stereocenters. The predicted octanol–water partition coefficient (Wildman–Crippen LogP) is 3.74. The van der Waals surface area contributed by atoms with E-state index in [1.807, 2.05) is 30.2 Å². The molecule has 2 fully saturated rings. The van der Waals surface area contributed by atoms with Gasteiger partial charge in [0.25, 0.3) is 0 Å². The Morgan fingerprint density at radius 2 is 1.85 bits per heavy atom. The molecule has 1 aromatic carbocycles. The largest absolute Gasteiger partial charge is 0.480 e. The second-order valence-electron chi connectivity index (χ2n) is 12.1. The number of hydrogen-bond acceptors (Lipinski definition) is 6. The Kier molecular flexibility index (Phi) is 8.49. The van der Waals surface area contributed by atoms with E-state index in [4.69, 9.17) is 0 Å². The zero-order valence-electron chi connectivity index (χ0n) is 23.6. The van der Waals surface area contributed by atoms with Crippen molar-refractivity contribution in [3.05, 3.63) is 71.8 Å². The molecule has 9 heteroatoms. The number of imidazole rings is 2. The molecule has 0 saturated carbocycles. The van der Waals surface area contributed by atoms with E-state index < -0.39 is 12.0 Å². The summed E-state index contributed by atoms with van der Waals surface area (Å²) in [6, 6.07) is 8.28. The number of nitrogens with zero attached hydrogens (tertiary/aromatic N) is 6. The minimum Gasteiger partial charge on any atom is -0.480 e. The molecule has 1 spiro atoms. The summed E-state index contributed by atoms with van der Waals surface area (Å²) in [5.74, 6) is 1.92. The number of rotatable bonds is 11. The van der Waals surface area contributed by atoms with Crippen LogP contribution in [-0.4, -0.2) is 77.5 Å². The van der Waals surface area contributed by atoms with Crippen molar-refractivity contribution in [1.29, 1.82) is 0 Å². The Labute approximate surface area is 231 Å². The van der Waals surface area contributed by atoms with Gasteiger partial charge in [-0.3, -0.25) is 14.6 Å². The molecule has 2 aromatic heterocycles. The van der Waals surface area contributed by atoms with Crippen molar-refractivity contribution >= 4 is 5.97 Å². The monoisotopic (exact) mass is 533 g/mol. The average Bonchev–Trinajstić information content (AvgIpc) is 3.63. The van der Waals surface area contributed by atoms with Gasteiger partial charge in [0, 0.05) is 58.0 Å². The quantitative estimate of drug-likeness (QED) is 0.388. The van der Waals surface area contributed by atoms with Gasteiger partial charge in [-0.25, -0.2) is 9.97 Å². The molecular formula is C30H43N7O2. The normalized spacial score (nSPS) is 20.0. The molecule has 0 radical (unpaired) electrons. The Balaban J connectivity index is 1.22. The third-order valence-corrected chi connectivity index (χ3v) is 8.46. The molecule has 4 heterocycles. The second kappa shape index (κ2) is 12.0. The summed E-state index contributed by atoms with van der Waals surface area (Å²) in [7, 11) is 2.02. The number of carboxylic acids is 1. The van der Waals surface area contributed by atoms with Gasteiger partial charge < -0.3 is 19.6 Å². The SMILES string of the molecule is CC(C)CN1CCC2(CC1)C[C@H](C(=O)O)N(Cc1ccc(CN(Cc3ncc[nH]3)Cc3nccn3C)cc1)C2. The fourth-order valence-electron chi connectivity index (χ4n) is 6.40. The van der Waals surface area contributed by atoms with E-state index in [2.05, 4.69) is 67.8 Å². The van der Waals surface area contributed by atoms with Crippen LogP contribution in [0.2, 0.25) is 0 Å². The number of H-pyrrole nitrogens is 1. The fourth-order valence-corrected chi connectivity index (χ4v) is 6.40. The first-order valence-corrected chi connectivity index (χ1v) is 14.2. The van der Waals surface area contributed by atoms with Crippen LogP contribution in [-0.2, 0) is 38.0 Å². The van der Waals surface area contributed by atoms with Gasteiger partial charge in [0.15, 0.2) is 0 Å². The van der Waals surface area contributed by atoms with Crippen molar-refractivity contribution in [2.75, 3.05) is 26.2 Å². The zero-order chi connectivity index (χ0) is 27.4. The molecule has 5 rings (SSSR count). The van der Waals surface area contributed by atoms with E-state index in [9.17, 15) is 9.90 Å². The predicted molar refractivity (Wildman–Crippen MR) is 151 cm³/mol. The number of hydrogen-bond donors (Lipinski definition) is 2. The summed E-state index contributed by atoms with van der Waals surface area (Å²) in [6.07, 6.45) is 10.4. The van der Waals surface area contributed by atoms with Gasteiger partial charge in [0.05, 0.1) is 13.1 Å². The lowest BCUT2D eigenvalue weighted by Crippen LogP contribution is -2.42. The van der Waals surface area contributed by atoms with Gasteiger partial charge in [0.2, 0.25) is 0 Å². The van der Waals surface area contributed by atoms with E-state index in [1.165, 1.54) is 11.1 Å². The molecule has 3 aromatic rings. The van der Waals surface area contributed by atoms with Crippen molar-refractivity contribution < 1.29 is 9.90 Å². The summed E-state index contributed by atoms with van der Waals surface area (Å²) < 4.78 is 2.05. The Bertz CT molecular complexity index is 1200. The zero-order valence-corrected chi connectivity index (χ0v) is 23.6. The summed E-state index contributed by atoms with van der Waals surface area (Å²) in [5, 5.41) is 10.0. The molecule has 0 bridgehead atoms. The molecular weight excluding hydrogens is 490 g/mol. The second-order valence-corrected chi connectivity index (χ2v) is 12.1. The number of nitrogens with one attached hydrogen (secondary N) is 1. The molecule has 39 heavy (non-hydrogen) atoms. The molecule has 2 aliphatic heterocycles. The molecule has 2 saturated heterocycles. The van der Waals surface area contributed by atoms with Crippen LogP contribution in [0, 0.1) is 11.3 Å². The van der Waals surface area contributed by atoms with Crippen LogP contribution >= 0.6 is 0 Å². The van der Waals surface area contributed by atoms with E-state index >= 15 is 0 Å². The van der Waals surface area contributed by atoms with Crippen LogP contribution in [0.4, 0.5) is 0 Å². The number of carboxylic acid groups (broad SMARTS) is 1. The van der Waals surface area contributed by atoms with Crippen molar-refractivity contribution in [1.82, 2.24) is 34.2 Å². The lowest BCUT2D eigenvalue weighted by Gasteiger charge is -2.40. The summed E-state index contributed by atoms with van der Waals surface area (Å²) >= 11 is 0. The van der Waals surface area contributed by atoms with Crippen molar-refractivity contribution in [2.45, 2.75) is 65.3 Å². The van der Waals surface area contributed by atoms with Crippen LogP contribution in [0.5, 0.6) is 0 Å². The van der Waals surface area contributed by atoms with Crippen molar-refractivity contribution in [3.8, 4) is 0 Å². The minimum absolute atomic E-state index is 0.133. The van der Waals surface area contributed by atoms with Gasteiger partial charge in [-0.15, -0.1) is 0 Å². The van der Waals surface area contributed by atoms with E-state index in [-0.39, 0.29) is 5.41 Å². The Morgan fingerprint density at radius 3 is 2.46 bits per heavy atom. The number of likely N-dealkylation sites (tertiary alicyclic amines) is 2. The topological polar surface area (TPSA) is 93.5 Å². The van der Waals surface area contributed by atoms with E-state index in [0.717, 1.165) is 70.2 Å². The smallest absolute Gasteiger partial charge is 0.320 e. The number of aromatic nitrogens is 4. The van der Waals surface area contributed by atoms with Crippen LogP contribution in [0.3, 0.4) is 0 Å². The summed E-state index contributed by atoms with van der Waals surface area (Å²) in [5.41, 5.74) is 2.51. The van der Waals surface area contributed by atoms with E-state index in [0.29, 0.717) is 19.0 Å². The molecule has 0 amide bonds. The highest BCUT2D eigenvalue weighted by Gasteiger charge is 2.47. The maximum atomic E-state index is 12.2. The number of aromatic amines is 1. The van der Waals surface area contributed by atoms with Crippen molar-refractivity contribution in [2.24, 2.45) is 18.4 Å². The molecule has 210 valence electrons. The lowest BCUT2D eigenvalue weighted by molar-refractivity contribution is -0.142. The maximum absolute atomic E-state index is 12.2.